The van der Waals surface area contributed by atoms with E-state index in [1.807, 2.05) is 18.2 Å². The summed E-state index contributed by atoms with van der Waals surface area (Å²) in [5, 5.41) is -0.0597. The number of rotatable bonds is 7. The molecule has 1 heterocycles. The highest BCUT2D eigenvalue weighted by molar-refractivity contribution is 7.92. The lowest BCUT2D eigenvalue weighted by Crippen LogP contribution is -2.16. The molecule has 9 heteroatoms. The zero-order valence-corrected chi connectivity index (χ0v) is 21.9. The molecule has 1 aromatic heterocycles. The van der Waals surface area contributed by atoms with Crippen molar-refractivity contribution in [3.63, 3.8) is 0 Å². The van der Waals surface area contributed by atoms with Crippen LogP contribution in [-0.2, 0) is 15.4 Å². The Morgan fingerprint density at radius 2 is 1.44 bits per heavy atom. The van der Waals surface area contributed by atoms with Crippen molar-refractivity contribution in [2.45, 2.75) is 31.1 Å². The monoisotopic (exact) mass is 523 g/mol. The lowest BCUT2D eigenvalue weighted by Gasteiger charge is -2.19. The largest absolute Gasteiger partial charge is 0.493 e. The number of aromatic nitrogens is 2. The molecule has 4 rings (SSSR count). The smallest absolute Gasteiger partial charge is 0.263 e. The predicted octanol–water partition coefficient (Wildman–Crippen LogP) is 6.70. The summed E-state index contributed by atoms with van der Waals surface area (Å²) in [4.78, 5) is 8.90. The molecule has 0 aliphatic carbocycles. The zero-order valence-electron chi connectivity index (χ0n) is 20.3. The Kier molecular flexibility index (Phi) is 7.19. The van der Waals surface area contributed by atoms with Gasteiger partial charge in [-0.25, -0.2) is 18.4 Å². The van der Waals surface area contributed by atoms with Crippen molar-refractivity contribution in [1.29, 1.82) is 0 Å². The van der Waals surface area contributed by atoms with Crippen LogP contribution in [0, 0.1) is 0 Å². The van der Waals surface area contributed by atoms with Gasteiger partial charge in [0, 0.05) is 5.56 Å². The van der Waals surface area contributed by atoms with E-state index in [9.17, 15) is 8.42 Å². The molecule has 0 atom stereocenters. The van der Waals surface area contributed by atoms with Gasteiger partial charge in [0.1, 0.15) is 0 Å². The molecule has 1 N–H and O–H groups in total. The second kappa shape index (κ2) is 10.2. The van der Waals surface area contributed by atoms with Crippen molar-refractivity contribution in [3.05, 3.63) is 89.6 Å². The second-order valence-electron chi connectivity index (χ2n) is 9.01. The first-order chi connectivity index (χ1) is 17.1. The fourth-order valence-corrected chi connectivity index (χ4v) is 4.65. The number of para-hydroxylation sites is 2. The predicted molar refractivity (Wildman–Crippen MR) is 141 cm³/mol. The highest BCUT2D eigenvalue weighted by Gasteiger charge is 2.24. The number of halogens is 1. The van der Waals surface area contributed by atoms with Crippen molar-refractivity contribution in [1.82, 2.24) is 9.97 Å². The van der Waals surface area contributed by atoms with E-state index in [1.165, 1.54) is 7.11 Å². The molecule has 0 aliphatic rings. The Morgan fingerprint density at radius 3 is 2.06 bits per heavy atom. The SMILES string of the molecule is COc1ccccc1Oc1c(Cl)nc(-c2ccccc2)nc1NS(=O)(=O)c1ccc(C(C)(C)C)cc1. The number of anilines is 1. The summed E-state index contributed by atoms with van der Waals surface area (Å²) in [6, 6.07) is 22.7. The summed E-state index contributed by atoms with van der Waals surface area (Å²) in [6.45, 7) is 6.18. The van der Waals surface area contributed by atoms with Crippen molar-refractivity contribution in [2.75, 3.05) is 11.8 Å². The summed E-state index contributed by atoms with van der Waals surface area (Å²) in [5.74, 6) is 0.865. The third-order valence-corrected chi connectivity index (χ3v) is 7.01. The third-order valence-electron chi connectivity index (χ3n) is 5.40. The highest BCUT2D eigenvalue weighted by atomic mass is 35.5. The molecule has 7 nitrogen and oxygen atoms in total. The van der Waals surface area contributed by atoms with E-state index in [0.29, 0.717) is 17.1 Å². The summed E-state index contributed by atoms with van der Waals surface area (Å²) in [5.41, 5.74) is 1.56. The van der Waals surface area contributed by atoms with Crippen LogP contribution in [0.2, 0.25) is 5.15 Å². The molecule has 0 spiro atoms. The molecule has 4 aromatic rings. The van der Waals surface area contributed by atoms with Gasteiger partial charge in [-0.3, -0.25) is 4.72 Å². The Balaban J connectivity index is 1.79. The Hall–Kier alpha value is -3.62. The molecule has 0 saturated carbocycles. The van der Waals surface area contributed by atoms with Crippen LogP contribution in [0.5, 0.6) is 17.2 Å². The average molecular weight is 524 g/mol. The van der Waals surface area contributed by atoms with Crippen molar-refractivity contribution < 1.29 is 17.9 Å². The molecule has 36 heavy (non-hydrogen) atoms. The lowest BCUT2D eigenvalue weighted by molar-refractivity contribution is 0.378. The van der Waals surface area contributed by atoms with Crippen molar-refractivity contribution >= 4 is 27.4 Å². The average Bonchev–Trinajstić information content (AvgIpc) is 2.86. The molecule has 0 aliphatic heterocycles. The van der Waals surface area contributed by atoms with Gasteiger partial charge in [0.15, 0.2) is 28.3 Å². The van der Waals surface area contributed by atoms with Crippen LogP contribution in [-0.4, -0.2) is 25.5 Å². The van der Waals surface area contributed by atoms with Gasteiger partial charge in [0.25, 0.3) is 10.0 Å². The summed E-state index contributed by atoms with van der Waals surface area (Å²) in [6.07, 6.45) is 0. The Morgan fingerprint density at radius 1 is 0.833 bits per heavy atom. The first-order valence-corrected chi connectivity index (χ1v) is 13.0. The molecular weight excluding hydrogens is 498 g/mol. The van der Waals surface area contributed by atoms with Crippen LogP contribution in [0.1, 0.15) is 26.3 Å². The van der Waals surface area contributed by atoms with E-state index in [0.717, 1.165) is 5.56 Å². The Bertz CT molecular complexity index is 1470. The first-order valence-electron chi connectivity index (χ1n) is 11.2. The maximum atomic E-state index is 13.4. The quantitative estimate of drug-likeness (QED) is 0.271. The van der Waals surface area contributed by atoms with Gasteiger partial charge in [0.2, 0.25) is 5.75 Å². The fraction of sp³-hybridized carbons (Fsp3) is 0.185. The van der Waals surface area contributed by atoms with E-state index < -0.39 is 10.0 Å². The van der Waals surface area contributed by atoms with Crippen molar-refractivity contribution in [3.8, 4) is 28.6 Å². The number of hydrogen-bond donors (Lipinski definition) is 1. The topological polar surface area (TPSA) is 90.4 Å². The molecule has 0 bridgehead atoms. The normalized spacial score (nSPS) is 11.7. The Labute approximate surface area is 216 Å². The summed E-state index contributed by atoms with van der Waals surface area (Å²) >= 11 is 6.52. The lowest BCUT2D eigenvalue weighted by atomic mass is 9.87. The molecular formula is C27H26ClN3O4S. The molecule has 0 fully saturated rings. The number of benzene rings is 3. The zero-order chi connectivity index (χ0) is 25.9. The summed E-state index contributed by atoms with van der Waals surface area (Å²) < 4.78 is 40.6. The third kappa shape index (κ3) is 5.61. The van der Waals surface area contributed by atoms with E-state index in [4.69, 9.17) is 21.1 Å². The number of hydrogen-bond acceptors (Lipinski definition) is 6. The molecule has 186 valence electrons. The maximum absolute atomic E-state index is 13.4. The molecule has 0 saturated heterocycles. The highest BCUT2D eigenvalue weighted by Crippen LogP contribution is 2.40. The van der Waals surface area contributed by atoms with Gasteiger partial charge in [-0.05, 0) is 35.2 Å². The minimum atomic E-state index is -4.03. The number of nitrogens with one attached hydrogen (secondary N) is 1. The standard InChI is InChI=1S/C27H26ClN3O4S/c1-27(2,3)19-14-16-20(17-15-19)36(32,33)31-26-23(35-22-13-9-8-12-21(22)34-4)24(28)29-25(30-26)18-10-6-5-7-11-18/h5-17H,1-4H3,(H,29,30,31). The molecule has 0 radical (unpaired) electrons. The first kappa shape index (κ1) is 25.5. The minimum Gasteiger partial charge on any atom is -0.493 e. The number of ether oxygens (including phenoxy) is 2. The van der Waals surface area contributed by atoms with Crippen LogP contribution in [0.4, 0.5) is 5.82 Å². The molecule has 0 unspecified atom stereocenters. The van der Waals surface area contributed by atoms with E-state index in [-0.39, 0.29) is 32.9 Å². The molecule has 0 amide bonds. The fourth-order valence-electron chi connectivity index (χ4n) is 3.43. The van der Waals surface area contributed by atoms with Crippen LogP contribution < -0.4 is 14.2 Å². The van der Waals surface area contributed by atoms with Crippen LogP contribution in [0.25, 0.3) is 11.4 Å². The van der Waals surface area contributed by atoms with Crippen LogP contribution >= 0.6 is 11.6 Å². The second-order valence-corrected chi connectivity index (χ2v) is 11.1. The van der Waals surface area contributed by atoms with Gasteiger partial charge >= 0.3 is 0 Å². The van der Waals surface area contributed by atoms with Gasteiger partial charge in [-0.15, -0.1) is 0 Å². The summed E-state index contributed by atoms with van der Waals surface area (Å²) in [7, 11) is -2.53. The van der Waals surface area contributed by atoms with Gasteiger partial charge in [-0.1, -0.05) is 87.0 Å². The van der Waals surface area contributed by atoms with Crippen LogP contribution in [0.15, 0.2) is 83.8 Å². The maximum Gasteiger partial charge on any atom is 0.263 e. The number of nitrogens with zero attached hydrogens (tertiary/aromatic N) is 2. The number of sulfonamides is 1. The van der Waals surface area contributed by atoms with Gasteiger partial charge < -0.3 is 9.47 Å². The number of methoxy groups -OCH3 is 1. The van der Waals surface area contributed by atoms with Crippen molar-refractivity contribution in [2.24, 2.45) is 0 Å². The van der Waals surface area contributed by atoms with Crippen LogP contribution in [0.3, 0.4) is 0 Å². The van der Waals surface area contributed by atoms with E-state index in [1.54, 1.807) is 60.7 Å². The van der Waals surface area contributed by atoms with E-state index >= 15 is 0 Å². The molecule has 3 aromatic carbocycles. The van der Waals surface area contributed by atoms with Gasteiger partial charge in [-0.2, -0.15) is 0 Å². The van der Waals surface area contributed by atoms with Gasteiger partial charge in [0.05, 0.1) is 12.0 Å². The van der Waals surface area contributed by atoms with E-state index in [2.05, 4.69) is 35.5 Å². The minimum absolute atomic E-state index is 0.0456.